The summed E-state index contributed by atoms with van der Waals surface area (Å²) in [5.74, 6) is 0.121. The van der Waals surface area contributed by atoms with Crippen LogP contribution >= 0.6 is 11.6 Å². The summed E-state index contributed by atoms with van der Waals surface area (Å²) in [6.07, 6.45) is -4.48. The lowest BCUT2D eigenvalue weighted by atomic mass is 9.99. The molecule has 0 amide bonds. The molecule has 2 rings (SSSR count). The lowest BCUT2D eigenvalue weighted by Crippen LogP contribution is -2.25. The third-order valence-electron chi connectivity index (χ3n) is 3.09. The highest BCUT2D eigenvalue weighted by atomic mass is 35.5. The number of sulfonamides is 1. The van der Waals surface area contributed by atoms with E-state index in [1.54, 1.807) is 0 Å². The molecule has 3 nitrogen and oxygen atoms in total. The van der Waals surface area contributed by atoms with Gasteiger partial charge in [-0.1, -0.05) is 30.3 Å². The molecule has 0 radical (unpaired) electrons. The van der Waals surface area contributed by atoms with Gasteiger partial charge in [0.15, 0.2) is 0 Å². The number of nitrogens with one attached hydrogen (secondary N) is 1. The van der Waals surface area contributed by atoms with E-state index in [1.807, 2.05) is 0 Å². The van der Waals surface area contributed by atoms with Crippen LogP contribution in [0.25, 0.3) is 11.1 Å². The van der Waals surface area contributed by atoms with Crippen molar-refractivity contribution in [1.82, 2.24) is 4.72 Å². The highest BCUT2D eigenvalue weighted by Crippen LogP contribution is 2.37. The first-order chi connectivity index (χ1) is 10.8. The largest absolute Gasteiger partial charge is 0.417 e. The van der Waals surface area contributed by atoms with E-state index in [0.717, 1.165) is 6.07 Å². The number of hydrogen-bond donors (Lipinski definition) is 1. The number of rotatable bonds is 5. The number of alkyl halides is 4. The third kappa shape index (κ3) is 4.25. The van der Waals surface area contributed by atoms with Crippen LogP contribution in [0, 0.1) is 0 Å². The molecular formula is C15H13ClF3NO2S. The van der Waals surface area contributed by atoms with Crippen molar-refractivity contribution in [3.8, 4) is 11.1 Å². The zero-order valence-electron chi connectivity index (χ0n) is 11.8. The molecule has 23 heavy (non-hydrogen) atoms. The maximum absolute atomic E-state index is 13.0. The van der Waals surface area contributed by atoms with Gasteiger partial charge >= 0.3 is 6.18 Å². The van der Waals surface area contributed by atoms with E-state index in [2.05, 4.69) is 4.72 Å². The summed E-state index contributed by atoms with van der Waals surface area (Å²) in [5, 5.41) is 0. The van der Waals surface area contributed by atoms with E-state index in [4.69, 9.17) is 11.6 Å². The van der Waals surface area contributed by atoms with E-state index in [9.17, 15) is 21.6 Å². The first kappa shape index (κ1) is 17.8. The highest BCUT2D eigenvalue weighted by molar-refractivity contribution is 7.89. The Kier molecular flexibility index (Phi) is 5.33. The molecule has 0 saturated carbocycles. The summed E-state index contributed by atoms with van der Waals surface area (Å²) in [4.78, 5) is -0.0316. The van der Waals surface area contributed by atoms with Crippen LogP contribution in [0.3, 0.4) is 0 Å². The molecule has 0 fully saturated rings. The fourth-order valence-electron chi connectivity index (χ4n) is 2.05. The van der Waals surface area contributed by atoms with Crippen LogP contribution < -0.4 is 4.72 Å². The van der Waals surface area contributed by atoms with Crippen molar-refractivity contribution >= 4 is 21.6 Å². The molecule has 0 heterocycles. The molecule has 0 unspecified atom stereocenters. The van der Waals surface area contributed by atoms with Gasteiger partial charge in [-0.3, -0.25) is 0 Å². The van der Waals surface area contributed by atoms with Crippen LogP contribution in [-0.2, 0) is 16.2 Å². The summed E-state index contributed by atoms with van der Waals surface area (Å²) in [6, 6.07) is 10.4. The Morgan fingerprint density at radius 3 is 2.17 bits per heavy atom. The van der Waals surface area contributed by atoms with Crippen molar-refractivity contribution < 1.29 is 21.6 Å². The second kappa shape index (κ2) is 6.90. The predicted molar refractivity (Wildman–Crippen MR) is 82.8 cm³/mol. The summed E-state index contributed by atoms with van der Waals surface area (Å²) >= 11 is 5.43. The molecule has 1 N–H and O–H groups in total. The minimum atomic E-state index is -4.48. The first-order valence-electron chi connectivity index (χ1n) is 6.58. The number of halogens is 4. The van der Waals surface area contributed by atoms with Crippen LogP contribution in [0.15, 0.2) is 53.4 Å². The van der Waals surface area contributed by atoms with E-state index in [-0.39, 0.29) is 28.4 Å². The smallest absolute Gasteiger partial charge is 0.210 e. The van der Waals surface area contributed by atoms with Gasteiger partial charge in [-0.05, 0) is 29.3 Å². The molecule has 0 aliphatic heterocycles. The molecule has 2 aromatic rings. The Morgan fingerprint density at radius 2 is 1.61 bits per heavy atom. The van der Waals surface area contributed by atoms with Gasteiger partial charge in [-0.2, -0.15) is 13.2 Å². The average molecular weight is 364 g/mol. The Labute approximate surface area is 137 Å². The maximum Gasteiger partial charge on any atom is 0.417 e. The zero-order chi connectivity index (χ0) is 17.1. The van der Waals surface area contributed by atoms with Crippen molar-refractivity contribution in [3.05, 3.63) is 54.1 Å². The molecule has 0 spiro atoms. The lowest BCUT2D eigenvalue weighted by molar-refractivity contribution is -0.137. The molecule has 0 saturated heterocycles. The first-order valence-corrected chi connectivity index (χ1v) is 8.60. The standard InChI is InChI=1S/C15H13ClF3NO2S/c16-9-10-20-23(21,22)12-7-5-11(6-8-12)13-3-1-2-4-14(13)15(17,18)19/h1-8,20H,9-10H2. The SMILES string of the molecule is O=S(=O)(NCCCl)c1ccc(-c2ccccc2C(F)(F)F)cc1. The van der Waals surface area contributed by atoms with Gasteiger partial charge in [0, 0.05) is 12.4 Å². The average Bonchev–Trinajstić information content (AvgIpc) is 2.52. The summed E-state index contributed by atoms with van der Waals surface area (Å²) < 4.78 is 65.2. The van der Waals surface area contributed by atoms with Gasteiger partial charge in [0.05, 0.1) is 10.5 Å². The van der Waals surface area contributed by atoms with Crippen molar-refractivity contribution in [1.29, 1.82) is 0 Å². The van der Waals surface area contributed by atoms with Gasteiger partial charge in [0.1, 0.15) is 0 Å². The van der Waals surface area contributed by atoms with Gasteiger partial charge in [0.25, 0.3) is 0 Å². The van der Waals surface area contributed by atoms with E-state index < -0.39 is 21.8 Å². The molecule has 0 aliphatic rings. The third-order valence-corrected chi connectivity index (χ3v) is 4.76. The Balaban J connectivity index is 2.38. The van der Waals surface area contributed by atoms with Crippen LogP contribution in [0.5, 0.6) is 0 Å². The molecule has 0 aliphatic carbocycles. The van der Waals surface area contributed by atoms with Crippen LogP contribution in [0.4, 0.5) is 13.2 Å². The molecule has 0 bridgehead atoms. The van der Waals surface area contributed by atoms with Gasteiger partial charge in [0.2, 0.25) is 10.0 Å². The molecule has 2 aromatic carbocycles. The summed E-state index contributed by atoms with van der Waals surface area (Å²) in [5.41, 5.74) is -0.484. The predicted octanol–water partition coefficient (Wildman–Crippen LogP) is 3.89. The Bertz CT molecular complexity index is 774. The van der Waals surface area contributed by atoms with Crippen LogP contribution in [0.2, 0.25) is 0 Å². The lowest BCUT2D eigenvalue weighted by Gasteiger charge is -2.13. The van der Waals surface area contributed by atoms with Crippen molar-refractivity contribution in [2.45, 2.75) is 11.1 Å². The molecule has 124 valence electrons. The molecule has 0 aromatic heterocycles. The highest BCUT2D eigenvalue weighted by Gasteiger charge is 2.33. The van der Waals surface area contributed by atoms with Crippen LogP contribution in [-0.4, -0.2) is 20.8 Å². The second-order valence-electron chi connectivity index (χ2n) is 4.65. The maximum atomic E-state index is 13.0. The Hall–Kier alpha value is -1.57. The van der Waals surface area contributed by atoms with Crippen LogP contribution in [0.1, 0.15) is 5.56 Å². The number of benzene rings is 2. The normalized spacial score (nSPS) is 12.3. The van der Waals surface area contributed by atoms with E-state index >= 15 is 0 Å². The molecular weight excluding hydrogens is 351 g/mol. The fourth-order valence-corrected chi connectivity index (χ4v) is 3.29. The zero-order valence-corrected chi connectivity index (χ0v) is 13.3. The van der Waals surface area contributed by atoms with Gasteiger partial charge < -0.3 is 0 Å². The van der Waals surface area contributed by atoms with Crippen molar-refractivity contribution in [3.63, 3.8) is 0 Å². The van der Waals surface area contributed by atoms with E-state index in [1.165, 1.54) is 42.5 Å². The molecule has 8 heteroatoms. The minimum absolute atomic E-state index is 0.00216. The Morgan fingerprint density at radius 1 is 1.00 bits per heavy atom. The topological polar surface area (TPSA) is 46.2 Å². The fraction of sp³-hybridized carbons (Fsp3) is 0.200. The summed E-state index contributed by atoms with van der Waals surface area (Å²) in [6.45, 7) is 0.0720. The minimum Gasteiger partial charge on any atom is -0.210 e. The quantitative estimate of drug-likeness (QED) is 0.819. The molecule has 0 atom stereocenters. The van der Waals surface area contributed by atoms with Gasteiger partial charge in [-0.15, -0.1) is 11.6 Å². The number of hydrogen-bond acceptors (Lipinski definition) is 2. The van der Waals surface area contributed by atoms with Crippen molar-refractivity contribution in [2.75, 3.05) is 12.4 Å². The van der Waals surface area contributed by atoms with Gasteiger partial charge in [-0.25, -0.2) is 13.1 Å². The monoisotopic (exact) mass is 363 g/mol. The second-order valence-corrected chi connectivity index (χ2v) is 6.80. The van der Waals surface area contributed by atoms with E-state index in [0.29, 0.717) is 0 Å². The summed E-state index contributed by atoms with van der Waals surface area (Å²) in [7, 11) is -3.72. The van der Waals surface area contributed by atoms with Crippen molar-refractivity contribution in [2.24, 2.45) is 0 Å².